The SMILES string of the molecule is CCNC(Cc1cc(F)cc(F)c1)c1cc(Br)c(Br)s1. The molecule has 1 nitrogen and oxygen atoms in total. The van der Waals surface area contributed by atoms with Crippen molar-refractivity contribution in [2.45, 2.75) is 19.4 Å². The largest absolute Gasteiger partial charge is 0.309 e. The summed E-state index contributed by atoms with van der Waals surface area (Å²) < 4.78 is 28.5. The number of thiophene rings is 1. The van der Waals surface area contributed by atoms with Crippen LogP contribution in [0, 0.1) is 11.6 Å². The summed E-state index contributed by atoms with van der Waals surface area (Å²) in [4.78, 5) is 1.12. The van der Waals surface area contributed by atoms with Crippen LogP contribution in [0.15, 0.2) is 32.5 Å². The van der Waals surface area contributed by atoms with Gasteiger partial charge in [-0.1, -0.05) is 6.92 Å². The van der Waals surface area contributed by atoms with Gasteiger partial charge in [0.1, 0.15) is 11.6 Å². The van der Waals surface area contributed by atoms with Crippen molar-refractivity contribution in [3.8, 4) is 0 Å². The molecule has 2 aromatic rings. The number of hydrogen-bond donors (Lipinski definition) is 1. The van der Waals surface area contributed by atoms with Crippen LogP contribution in [0.4, 0.5) is 8.78 Å². The molecule has 108 valence electrons. The number of nitrogens with one attached hydrogen (secondary N) is 1. The van der Waals surface area contributed by atoms with Gasteiger partial charge >= 0.3 is 0 Å². The molecule has 0 amide bonds. The molecular formula is C14H13Br2F2NS. The normalized spacial score (nSPS) is 12.7. The Labute approximate surface area is 137 Å². The summed E-state index contributed by atoms with van der Waals surface area (Å²) in [6.07, 6.45) is 0.544. The van der Waals surface area contributed by atoms with Crippen molar-refractivity contribution in [3.63, 3.8) is 0 Å². The van der Waals surface area contributed by atoms with E-state index in [1.165, 1.54) is 12.1 Å². The second-order valence-corrected chi connectivity index (χ2v) is 7.62. The molecule has 1 unspecified atom stereocenters. The lowest BCUT2D eigenvalue weighted by Crippen LogP contribution is -2.22. The summed E-state index contributed by atoms with van der Waals surface area (Å²) in [6, 6.07) is 5.71. The zero-order valence-corrected chi connectivity index (χ0v) is 14.7. The molecule has 2 rings (SSSR count). The molecular weight excluding hydrogens is 412 g/mol. The Morgan fingerprint density at radius 2 is 1.80 bits per heavy atom. The fourth-order valence-corrected chi connectivity index (χ4v) is 4.18. The molecule has 1 heterocycles. The number of rotatable bonds is 5. The minimum Gasteiger partial charge on any atom is -0.309 e. The molecule has 0 radical (unpaired) electrons. The highest BCUT2D eigenvalue weighted by Gasteiger charge is 2.16. The Morgan fingerprint density at radius 3 is 2.30 bits per heavy atom. The van der Waals surface area contributed by atoms with Crippen molar-refractivity contribution in [2.24, 2.45) is 0 Å². The van der Waals surface area contributed by atoms with Gasteiger partial charge in [0.25, 0.3) is 0 Å². The van der Waals surface area contributed by atoms with Crippen molar-refractivity contribution >= 4 is 43.2 Å². The van der Waals surface area contributed by atoms with E-state index in [4.69, 9.17) is 0 Å². The molecule has 0 bridgehead atoms. The molecule has 0 aliphatic heterocycles. The first kappa shape index (κ1) is 16.1. The van der Waals surface area contributed by atoms with Gasteiger partial charge in [-0.3, -0.25) is 0 Å². The lowest BCUT2D eigenvalue weighted by molar-refractivity contribution is 0.545. The molecule has 20 heavy (non-hydrogen) atoms. The van der Waals surface area contributed by atoms with E-state index in [-0.39, 0.29) is 6.04 Å². The summed E-state index contributed by atoms with van der Waals surface area (Å²) in [7, 11) is 0. The fourth-order valence-electron chi connectivity index (χ4n) is 2.02. The van der Waals surface area contributed by atoms with E-state index in [2.05, 4.69) is 37.2 Å². The van der Waals surface area contributed by atoms with Gasteiger partial charge in [0, 0.05) is 21.5 Å². The molecule has 0 saturated carbocycles. The third-order valence-corrected chi connectivity index (χ3v) is 6.19. The maximum absolute atomic E-state index is 13.3. The van der Waals surface area contributed by atoms with Gasteiger partial charge < -0.3 is 5.32 Å². The Balaban J connectivity index is 2.24. The zero-order valence-electron chi connectivity index (χ0n) is 10.7. The van der Waals surface area contributed by atoms with Crippen molar-refractivity contribution in [1.29, 1.82) is 0 Å². The molecule has 0 aliphatic rings. The van der Waals surface area contributed by atoms with Crippen LogP contribution in [-0.2, 0) is 6.42 Å². The van der Waals surface area contributed by atoms with E-state index >= 15 is 0 Å². The molecule has 1 aromatic carbocycles. The Hall–Kier alpha value is -0.300. The van der Waals surface area contributed by atoms with Crippen LogP contribution in [0.5, 0.6) is 0 Å². The summed E-state index contributed by atoms with van der Waals surface area (Å²) in [5.74, 6) is -1.08. The van der Waals surface area contributed by atoms with E-state index in [1.54, 1.807) is 11.3 Å². The maximum Gasteiger partial charge on any atom is 0.126 e. The lowest BCUT2D eigenvalue weighted by Gasteiger charge is -2.16. The minimum absolute atomic E-state index is 0.0359. The second kappa shape index (κ2) is 7.11. The fraction of sp³-hybridized carbons (Fsp3) is 0.286. The van der Waals surface area contributed by atoms with Crippen LogP contribution in [0.25, 0.3) is 0 Å². The topological polar surface area (TPSA) is 12.0 Å². The van der Waals surface area contributed by atoms with Gasteiger partial charge in [0.15, 0.2) is 0 Å². The van der Waals surface area contributed by atoms with E-state index in [1.807, 2.05) is 13.0 Å². The van der Waals surface area contributed by atoms with Gasteiger partial charge in [-0.05, 0) is 68.6 Å². The molecule has 0 saturated heterocycles. The summed E-state index contributed by atoms with van der Waals surface area (Å²) in [6.45, 7) is 2.80. The van der Waals surface area contributed by atoms with E-state index in [0.29, 0.717) is 12.0 Å². The third kappa shape index (κ3) is 4.10. The first-order valence-electron chi connectivity index (χ1n) is 6.12. The number of likely N-dealkylation sites (N-methyl/N-ethyl adjacent to an activating group) is 1. The average molecular weight is 425 g/mol. The number of benzene rings is 1. The third-order valence-electron chi connectivity index (χ3n) is 2.82. The highest BCUT2D eigenvalue weighted by molar-refractivity contribution is 9.13. The number of halogens is 4. The van der Waals surface area contributed by atoms with Crippen LogP contribution < -0.4 is 5.32 Å². The average Bonchev–Trinajstić information content (AvgIpc) is 2.68. The van der Waals surface area contributed by atoms with Crippen molar-refractivity contribution in [2.75, 3.05) is 6.54 Å². The van der Waals surface area contributed by atoms with E-state index in [9.17, 15) is 8.78 Å². The lowest BCUT2D eigenvalue weighted by atomic mass is 10.0. The monoisotopic (exact) mass is 423 g/mol. The summed E-state index contributed by atoms with van der Waals surface area (Å²) >= 11 is 8.54. The van der Waals surface area contributed by atoms with Gasteiger partial charge in [-0.25, -0.2) is 8.78 Å². The quantitative estimate of drug-likeness (QED) is 0.673. The molecule has 1 atom stereocenters. The van der Waals surface area contributed by atoms with E-state index in [0.717, 1.165) is 25.7 Å². The zero-order chi connectivity index (χ0) is 14.7. The smallest absolute Gasteiger partial charge is 0.126 e. The van der Waals surface area contributed by atoms with Gasteiger partial charge in [-0.2, -0.15) is 0 Å². The van der Waals surface area contributed by atoms with Crippen molar-refractivity contribution in [3.05, 3.63) is 54.6 Å². The predicted octanol–water partition coefficient (Wildman–Crippen LogP) is 5.44. The Bertz CT molecular complexity index is 561. The first-order chi connectivity index (χ1) is 9.49. The van der Waals surface area contributed by atoms with Gasteiger partial charge in [0.05, 0.1) is 3.79 Å². The van der Waals surface area contributed by atoms with E-state index < -0.39 is 11.6 Å². The van der Waals surface area contributed by atoms with Crippen LogP contribution in [-0.4, -0.2) is 6.54 Å². The maximum atomic E-state index is 13.3. The standard InChI is InChI=1S/C14H13Br2F2NS/c1-2-19-12(13-7-11(15)14(16)20-13)5-8-3-9(17)6-10(18)4-8/h3-4,6-7,12,19H,2,5H2,1H3. The van der Waals surface area contributed by atoms with Crippen molar-refractivity contribution in [1.82, 2.24) is 5.32 Å². The molecule has 0 fully saturated rings. The summed E-state index contributed by atoms with van der Waals surface area (Å²) in [5.41, 5.74) is 0.647. The second-order valence-electron chi connectivity index (χ2n) is 4.36. The minimum atomic E-state index is -0.538. The molecule has 6 heteroatoms. The first-order valence-corrected chi connectivity index (χ1v) is 8.53. The summed E-state index contributed by atoms with van der Waals surface area (Å²) in [5, 5.41) is 3.35. The molecule has 0 spiro atoms. The van der Waals surface area contributed by atoms with Crippen LogP contribution in [0.3, 0.4) is 0 Å². The Kier molecular flexibility index (Phi) is 5.72. The van der Waals surface area contributed by atoms with Crippen LogP contribution in [0.2, 0.25) is 0 Å². The highest BCUT2D eigenvalue weighted by atomic mass is 79.9. The Morgan fingerprint density at radius 1 is 1.15 bits per heavy atom. The van der Waals surface area contributed by atoms with Crippen LogP contribution >= 0.6 is 43.2 Å². The van der Waals surface area contributed by atoms with Crippen LogP contribution in [0.1, 0.15) is 23.4 Å². The molecule has 0 aliphatic carbocycles. The molecule has 1 N–H and O–H groups in total. The van der Waals surface area contributed by atoms with Crippen molar-refractivity contribution < 1.29 is 8.78 Å². The van der Waals surface area contributed by atoms with Gasteiger partial charge in [-0.15, -0.1) is 11.3 Å². The predicted molar refractivity (Wildman–Crippen MR) is 86.2 cm³/mol. The van der Waals surface area contributed by atoms with Gasteiger partial charge in [0.2, 0.25) is 0 Å². The molecule has 1 aromatic heterocycles. The highest BCUT2D eigenvalue weighted by Crippen LogP contribution is 2.36. The number of hydrogen-bond acceptors (Lipinski definition) is 2.